The average Bonchev–Trinajstić information content (AvgIpc) is 2.42. The standard InChI is InChI=1S/C13H8F2N2O2/c14-9-4-1-3-8(12(9)15)13(18)19-11-5-2-6-17-10(11)7-16/h1-6,13,18H. The highest BCUT2D eigenvalue weighted by Crippen LogP contribution is 2.24. The number of pyridine rings is 1. The maximum absolute atomic E-state index is 13.4. The van der Waals surface area contributed by atoms with Crippen molar-refractivity contribution < 1.29 is 18.6 Å². The zero-order valence-corrected chi connectivity index (χ0v) is 9.55. The van der Waals surface area contributed by atoms with E-state index in [0.29, 0.717) is 0 Å². The molecule has 0 amide bonds. The summed E-state index contributed by atoms with van der Waals surface area (Å²) in [4.78, 5) is 3.72. The lowest BCUT2D eigenvalue weighted by Crippen LogP contribution is -2.10. The molecule has 1 atom stereocenters. The summed E-state index contributed by atoms with van der Waals surface area (Å²) >= 11 is 0. The highest BCUT2D eigenvalue weighted by atomic mass is 19.2. The fourth-order valence-corrected chi connectivity index (χ4v) is 1.46. The summed E-state index contributed by atoms with van der Waals surface area (Å²) in [7, 11) is 0. The second-order valence-electron chi connectivity index (χ2n) is 3.58. The number of halogens is 2. The van der Waals surface area contributed by atoms with Gasteiger partial charge < -0.3 is 9.84 Å². The largest absolute Gasteiger partial charge is 0.458 e. The van der Waals surface area contributed by atoms with Gasteiger partial charge in [0.15, 0.2) is 23.1 Å². The van der Waals surface area contributed by atoms with Gasteiger partial charge in [-0.3, -0.25) is 0 Å². The molecule has 0 radical (unpaired) electrons. The molecular formula is C13H8F2N2O2. The second kappa shape index (κ2) is 5.42. The molecule has 0 spiro atoms. The molecule has 1 aromatic carbocycles. The minimum Gasteiger partial charge on any atom is -0.458 e. The summed E-state index contributed by atoms with van der Waals surface area (Å²) in [5.41, 5.74) is -0.411. The van der Waals surface area contributed by atoms with Crippen molar-refractivity contribution >= 4 is 0 Å². The molecule has 0 saturated carbocycles. The van der Waals surface area contributed by atoms with E-state index in [9.17, 15) is 13.9 Å². The van der Waals surface area contributed by atoms with Crippen molar-refractivity contribution in [3.63, 3.8) is 0 Å². The van der Waals surface area contributed by atoms with Crippen molar-refractivity contribution in [2.45, 2.75) is 6.29 Å². The average molecular weight is 262 g/mol. The van der Waals surface area contributed by atoms with E-state index in [0.717, 1.165) is 6.07 Å². The third-order valence-electron chi connectivity index (χ3n) is 2.36. The summed E-state index contributed by atoms with van der Waals surface area (Å²) < 4.78 is 31.5. The summed E-state index contributed by atoms with van der Waals surface area (Å²) in [5.74, 6) is -2.30. The summed E-state index contributed by atoms with van der Waals surface area (Å²) in [6.07, 6.45) is -0.354. The van der Waals surface area contributed by atoms with Gasteiger partial charge in [0.25, 0.3) is 0 Å². The van der Waals surface area contributed by atoms with Crippen LogP contribution in [0.5, 0.6) is 5.75 Å². The minimum atomic E-state index is -1.73. The third kappa shape index (κ3) is 2.67. The number of nitriles is 1. The molecule has 0 aliphatic rings. The van der Waals surface area contributed by atoms with Gasteiger partial charge in [-0.25, -0.2) is 13.8 Å². The van der Waals surface area contributed by atoms with Gasteiger partial charge in [0, 0.05) is 6.20 Å². The maximum atomic E-state index is 13.4. The quantitative estimate of drug-likeness (QED) is 0.862. The lowest BCUT2D eigenvalue weighted by atomic mass is 10.2. The molecule has 0 bridgehead atoms. The van der Waals surface area contributed by atoms with Gasteiger partial charge in [-0.2, -0.15) is 5.26 Å². The van der Waals surface area contributed by atoms with Crippen molar-refractivity contribution in [1.82, 2.24) is 4.98 Å². The zero-order valence-electron chi connectivity index (χ0n) is 9.55. The second-order valence-corrected chi connectivity index (χ2v) is 3.58. The van der Waals surface area contributed by atoms with E-state index in [1.807, 2.05) is 0 Å². The normalized spacial score (nSPS) is 11.7. The smallest absolute Gasteiger partial charge is 0.227 e. The van der Waals surface area contributed by atoms with Gasteiger partial charge in [-0.15, -0.1) is 0 Å². The Labute approximate surface area is 107 Å². The maximum Gasteiger partial charge on any atom is 0.227 e. The number of ether oxygens (including phenoxy) is 1. The number of rotatable bonds is 3. The number of aliphatic hydroxyl groups is 1. The molecule has 0 aliphatic carbocycles. The number of nitrogens with zero attached hydrogens (tertiary/aromatic N) is 2. The highest BCUT2D eigenvalue weighted by Gasteiger charge is 2.18. The van der Waals surface area contributed by atoms with E-state index in [4.69, 9.17) is 10.00 Å². The van der Waals surface area contributed by atoms with Crippen LogP contribution in [-0.4, -0.2) is 10.1 Å². The highest BCUT2D eigenvalue weighted by molar-refractivity contribution is 5.37. The Morgan fingerprint density at radius 1 is 1.26 bits per heavy atom. The topological polar surface area (TPSA) is 66.1 Å². The van der Waals surface area contributed by atoms with E-state index in [2.05, 4.69) is 4.98 Å². The van der Waals surface area contributed by atoms with Gasteiger partial charge in [0.2, 0.25) is 6.29 Å². The van der Waals surface area contributed by atoms with E-state index in [1.54, 1.807) is 6.07 Å². The molecular weight excluding hydrogens is 254 g/mol. The number of hydrogen-bond donors (Lipinski definition) is 1. The van der Waals surface area contributed by atoms with Crippen molar-refractivity contribution in [3.05, 3.63) is 59.4 Å². The third-order valence-corrected chi connectivity index (χ3v) is 2.36. The van der Waals surface area contributed by atoms with Gasteiger partial charge in [0.05, 0.1) is 5.56 Å². The van der Waals surface area contributed by atoms with Crippen LogP contribution in [0.2, 0.25) is 0 Å². The van der Waals surface area contributed by atoms with Crippen molar-refractivity contribution in [2.75, 3.05) is 0 Å². The first-order valence-electron chi connectivity index (χ1n) is 5.27. The molecule has 1 N–H and O–H groups in total. The number of aliphatic hydroxyl groups excluding tert-OH is 1. The molecule has 6 heteroatoms. The first-order valence-corrected chi connectivity index (χ1v) is 5.27. The van der Waals surface area contributed by atoms with Crippen molar-refractivity contribution in [2.24, 2.45) is 0 Å². The lowest BCUT2D eigenvalue weighted by molar-refractivity contribution is -0.0229. The van der Waals surface area contributed by atoms with Crippen molar-refractivity contribution in [3.8, 4) is 11.8 Å². The van der Waals surface area contributed by atoms with Crippen LogP contribution in [0.1, 0.15) is 17.5 Å². The first kappa shape index (κ1) is 12.9. The molecule has 1 aromatic heterocycles. The fraction of sp³-hybridized carbons (Fsp3) is 0.0769. The van der Waals surface area contributed by atoms with Gasteiger partial charge in [0.1, 0.15) is 6.07 Å². The Hall–Kier alpha value is -2.52. The van der Waals surface area contributed by atoms with Crippen LogP contribution in [-0.2, 0) is 0 Å². The summed E-state index contributed by atoms with van der Waals surface area (Å²) in [6.45, 7) is 0. The monoisotopic (exact) mass is 262 g/mol. The fourth-order valence-electron chi connectivity index (χ4n) is 1.46. The Morgan fingerprint density at radius 2 is 2.05 bits per heavy atom. The van der Waals surface area contributed by atoms with Crippen LogP contribution < -0.4 is 4.74 Å². The van der Waals surface area contributed by atoms with Crippen LogP contribution in [0, 0.1) is 23.0 Å². The summed E-state index contributed by atoms with van der Waals surface area (Å²) in [5, 5.41) is 18.5. The first-order chi connectivity index (χ1) is 9.13. The van der Waals surface area contributed by atoms with Crippen LogP contribution in [0.3, 0.4) is 0 Å². The predicted molar refractivity (Wildman–Crippen MR) is 60.9 cm³/mol. The van der Waals surface area contributed by atoms with Crippen LogP contribution in [0.15, 0.2) is 36.5 Å². The number of aromatic nitrogens is 1. The van der Waals surface area contributed by atoms with Crippen molar-refractivity contribution in [1.29, 1.82) is 5.26 Å². The SMILES string of the molecule is N#Cc1ncccc1OC(O)c1cccc(F)c1F. The van der Waals surface area contributed by atoms with E-state index in [1.165, 1.54) is 30.5 Å². The Morgan fingerprint density at radius 3 is 2.79 bits per heavy atom. The molecule has 2 aromatic rings. The minimum absolute atomic E-state index is 0.0128. The molecule has 0 saturated heterocycles. The van der Waals surface area contributed by atoms with Crippen LogP contribution in [0.25, 0.3) is 0 Å². The Bertz CT molecular complexity index is 641. The Kier molecular flexibility index (Phi) is 3.68. The van der Waals surface area contributed by atoms with Gasteiger partial charge in [-0.1, -0.05) is 6.07 Å². The van der Waals surface area contributed by atoms with E-state index >= 15 is 0 Å². The molecule has 1 unspecified atom stereocenters. The molecule has 0 aliphatic heterocycles. The number of benzene rings is 1. The molecule has 1 heterocycles. The molecule has 19 heavy (non-hydrogen) atoms. The van der Waals surface area contributed by atoms with Crippen LogP contribution in [0.4, 0.5) is 8.78 Å². The zero-order chi connectivity index (χ0) is 13.8. The predicted octanol–water partition coefficient (Wildman–Crippen LogP) is 2.30. The number of hydrogen-bond acceptors (Lipinski definition) is 4. The molecule has 96 valence electrons. The summed E-state index contributed by atoms with van der Waals surface area (Å²) in [6, 6.07) is 8.01. The van der Waals surface area contributed by atoms with Gasteiger partial charge >= 0.3 is 0 Å². The van der Waals surface area contributed by atoms with Gasteiger partial charge in [-0.05, 0) is 24.3 Å². The molecule has 2 rings (SSSR count). The van der Waals surface area contributed by atoms with E-state index < -0.39 is 17.9 Å². The Balaban J connectivity index is 2.29. The lowest BCUT2D eigenvalue weighted by Gasteiger charge is -2.14. The van der Waals surface area contributed by atoms with Crippen LogP contribution >= 0.6 is 0 Å². The van der Waals surface area contributed by atoms with E-state index in [-0.39, 0.29) is 17.0 Å². The molecule has 4 nitrogen and oxygen atoms in total. The molecule has 0 fully saturated rings.